The first kappa shape index (κ1) is 19.1. The largest absolute Gasteiger partial charge is 0.369 e. The molecule has 150 valence electrons. The van der Waals surface area contributed by atoms with E-state index in [4.69, 9.17) is 5.73 Å². The molecule has 3 amide bonds. The zero-order chi connectivity index (χ0) is 19.0. The van der Waals surface area contributed by atoms with Crippen LogP contribution in [0.25, 0.3) is 0 Å². The molecule has 4 fully saturated rings. The minimum Gasteiger partial charge on any atom is -0.369 e. The average Bonchev–Trinajstić information content (AvgIpc) is 3.22. The van der Waals surface area contributed by atoms with Gasteiger partial charge in [-0.25, -0.2) is 0 Å². The maximum Gasteiger partial charge on any atom is 0.226 e. The summed E-state index contributed by atoms with van der Waals surface area (Å²) in [5.74, 6) is -0.554. The molecule has 4 unspecified atom stereocenters. The first-order chi connectivity index (χ1) is 13.0. The molecule has 0 aromatic carbocycles. The lowest BCUT2D eigenvalue weighted by Gasteiger charge is -2.31. The Morgan fingerprint density at radius 1 is 1.04 bits per heavy atom. The van der Waals surface area contributed by atoms with Crippen molar-refractivity contribution >= 4 is 29.5 Å². The van der Waals surface area contributed by atoms with Gasteiger partial charge in [-0.05, 0) is 31.6 Å². The second-order valence-corrected chi connectivity index (χ2v) is 10.1. The molecule has 0 aromatic heterocycles. The molecule has 5 atom stereocenters. The van der Waals surface area contributed by atoms with Crippen molar-refractivity contribution in [3.8, 4) is 0 Å². The van der Waals surface area contributed by atoms with Crippen LogP contribution in [0.2, 0.25) is 0 Å². The molecule has 2 heterocycles. The molecule has 6 nitrogen and oxygen atoms in total. The summed E-state index contributed by atoms with van der Waals surface area (Å²) in [6.07, 6.45) is 10.5. The molecular weight excluding hydrogens is 362 g/mol. The van der Waals surface area contributed by atoms with Gasteiger partial charge in [-0.3, -0.25) is 14.4 Å². The van der Waals surface area contributed by atoms with Crippen LogP contribution in [0.5, 0.6) is 0 Å². The fourth-order valence-electron chi connectivity index (χ4n) is 5.60. The van der Waals surface area contributed by atoms with Crippen LogP contribution in [0.3, 0.4) is 0 Å². The lowest BCUT2D eigenvalue weighted by Crippen LogP contribution is -2.46. The molecule has 7 heteroatoms. The van der Waals surface area contributed by atoms with Gasteiger partial charge < -0.3 is 16.0 Å². The van der Waals surface area contributed by atoms with E-state index >= 15 is 0 Å². The zero-order valence-electron chi connectivity index (χ0n) is 15.9. The maximum atomic E-state index is 12.9. The number of nitrogens with zero attached hydrogens (tertiary/aromatic N) is 1. The third-order valence-electron chi connectivity index (χ3n) is 7.02. The predicted molar refractivity (Wildman–Crippen MR) is 105 cm³/mol. The second-order valence-electron chi connectivity index (χ2n) is 8.72. The Morgan fingerprint density at radius 3 is 2.48 bits per heavy atom. The van der Waals surface area contributed by atoms with Crippen molar-refractivity contribution in [3.05, 3.63) is 0 Å². The van der Waals surface area contributed by atoms with E-state index in [2.05, 4.69) is 5.32 Å². The molecule has 2 saturated carbocycles. The summed E-state index contributed by atoms with van der Waals surface area (Å²) in [6.45, 7) is 0.529. The highest BCUT2D eigenvalue weighted by molar-refractivity contribution is 8.00. The van der Waals surface area contributed by atoms with Crippen molar-refractivity contribution in [2.45, 2.75) is 80.9 Å². The van der Waals surface area contributed by atoms with Gasteiger partial charge in [-0.1, -0.05) is 32.1 Å². The van der Waals surface area contributed by atoms with Gasteiger partial charge in [-0.2, -0.15) is 0 Å². The van der Waals surface area contributed by atoms with Crippen molar-refractivity contribution in [1.29, 1.82) is 0 Å². The molecule has 0 radical (unpaired) electrons. The standard InChI is InChI=1S/C20H31N3O3S/c21-18(25)17-14-8-4-5-9-15(14)27-20(17)22-19(26)12-10-16(24)23(11-12)13-6-2-1-3-7-13/h12-15,17,20H,1-11H2,(H2,21,25)(H,22,26)/t12-,14?,15?,17?,20?/m0/s1. The second kappa shape index (κ2) is 8.02. The van der Waals surface area contributed by atoms with Gasteiger partial charge in [0.05, 0.1) is 17.2 Å². The smallest absolute Gasteiger partial charge is 0.226 e. The monoisotopic (exact) mass is 393 g/mol. The number of carbonyl (C=O) groups is 3. The van der Waals surface area contributed by atoms with E-state index in [0.717, 1.165) is 32.1 Å². The Hall–Kier alpha value is -1.24. The van der Waals surface area contributed by atoms with Crippen LogP contribution in [0.15, 0.2) is 0 Å². The highest BCUT2D eigenvalue weighted by Gasteiger charge is 2.49. The Balaban J connectivity index is 1.38. The number of nitrogens with one attached hydrogen (secondary N) is 1. The van der Waals surface area contributed by atoms with Crippen LogP contribution in [-0.2, 0) is 14.4 Å². The summed E-state index contributed by atoms with van der Waals surface area (Å²) < 4.78 is 0. The number of nitrogens with two attached hydrogens (primary N) is 1. The van der Waals surface area contributed by atoms with Crippen LogP contribution < -0.4 is 11.1 Å². The molecule has 2 aliphatic heterocycles. The summed E-state index contributed by atoms with van der Waals surface area (Å²) in [7, 11) is 0. The summed E-state index contributed by atoms with van der Waals surface area (Å²) in [4.78, 5) is 39.4. The molecule has 2 aliphatic carbocycles. The summed E-state index contributed by atoms with van der Waals surface area (Å²) in [5, 5.41) is 3.28. The van der Waals surface area contributed by atoms with Crippen LogP contribution >= 0.6 is 11.8 Å². The van der Waals surface area contributed by atoms with Crippen molar-refractivity contribution in [3.63, 3.8) is 0 Å². The Morgan fingerprint density at radius 2 is 1.74 bits per heavy atom. The number of hydrogen-bond acceptors (Lipinski definition) is 4. The molecule has 4 aliphatic rings. The van der Waals surface area contributed by atoms with Crippen molar-refractivity contribution in [2.24, 2.45) is 23.5 Å². The lowest BCUT2D eigenvalue weighted by atomic mass is 9.79. The van der Waals surface area contributed by atoms with Crippen LogP contribution in [0.4, 0.5) is 0 Å². The normalized spacial score (nSPS) is 37.3. The minimum atomic E-state index is -0.298. The third-order valence-corrected chi connectivity index (χ3v) is 8.66. The van der Waals surface area contributed by atoms with Gasteiger partial charge in [-0.15, -0.1) is 11.8 Å². The molecule has 0 bridgehead atoms. The Labute approximate surface area is 165 Å². The number of primary amides is 1. The number of amides is 3. The Kier molecular flexibility index (Phi) is 5.67. The fourth-order valence-corrected chi connectivity index (χ4v) is 7.47. The Bertz CT molecular complexity index is 607. The van der Waals surface area contributed by atoms with E-state index in [1.54, 1.807) is 11.8 Å². The van der Waals surface area contributed by atoms with Gasteiger partial charge >= 0.3 is 0 Å². The highest BCUT2D eigenvalue weighted by atomic mass is 32.2. The number of carbonyl (C=O) groups excluding carboxylic acids is 3. The topological polar surface area (TPSA) is 92.5 Å². The molecule has 0 aromatic rings. The quantitative estimate of drug-likeness (QED) is 0.764. The van der Waals surface area contributed by atoms with E-state index < -0.39 is 0 Å². The number of fused-ring (bicyclic) bond motifs is 1. The minimum absolute atomic E-state index is 0.0796. The van der Waals surface area contributed by atoms with Gasteiger partial charge in [0.15, 0.2) is 0 Å². The van der Waals surface area contributed by atoms with Gasteiger partial charge in [0, 0.05) is 24.3 Å². The van der Waals surface area contributed by atoms with Crippen LogP contribution in [-0.4, -0.2) is 45.8 Å². The summed E-state index contributed by atoms with van der Waals surface area (Å²) >= 11 is 1.72. The zero-order valence-corrected chi connectivity index (χ0v) is 16.7. The fraction of sp³-hybridized carbons (Fsp3) is 0.850. The molecule has 4 rings (SSSR count). The summed E-state index contributed by atoms with van der Waals surface area (Å²) in [6, 6.07) is 0.311. The average molecular weight is 394 g/mol. The van der Waals surface area contributed by atoms with E-state index in [1.165, 1.54) is 25.7 Å². The number of rotatable bonds is 4. The van der Waals surface area contributed by atoms with Gasteiger partial charge in [0.1, 0.15) is 0 Å². The van der Waals surface area contributed by atoms with Crippen molar-refractivity contribution in [1.82, 2.24) is 10.2 Å². The maximum absolute atomic E-state index is 12.9. The van der Waals surface area contributed by atoms with Crippen LogP contribution in [0.1, 0.15) is 64.2 Å². The highest BCUT2D eigenvalue weighted by Crippen LogP contribution is 2.49. The van der Waals surface area contributed by atoms with Crippen molar-refractivity contribution < 1.29 is 14.4 Å². The first-order valence-electron chi connectivity index (χ1n) is 10.6. The molecule has 0 spiro atoms. The van der Waals surface area contributed by atoms with Gasteiger partial charge in [0.2, 0.25) is 17.7 Å². The van der Waals surface area contributed by atoms with Crippen molar-refractivity contribution in [2.75, 3.05) is 6.54 Å². The number of thioether (sulfide) groups is 1. The van der Waals surface area contributed by atoms with E-state index in [9.17, 15) is 14.4 Å². The molecule has 2 saturated heterocycles. The van der Waals surface area contributed by atoms with Gasteiger partial charge in [0.25, 0.3) is 0 Å². The molecular formula is C20H31N3O3S. The summed E-state index contributed by atoms with van der Waals surface area (Å²) in [5.41, 5.74) is 5.70. The first-order valence-corrected chi connectivity index (χ1v) is 11.5. The number of likely N-dealkylation sites (tertiary alicyclic amines) is 1. The van der Waals surface area contributed by atoms with E-state index in [-0.39, 0.29) is 40.8 Å². The lowest BCUT2D eigenvalue weighted by molar-refractivity contribution is -0.131. The van der Waals surface area contributed by atoms with Crippen LogP contribution in [0, 0.1) is 17.8 Å². The van der Waals surface area contributed by atoms with E-state index in [0.29, 0.717) is 24.3 Å². The van der Waals surface area contributed by atoms with E-state index in [1.807, 2.05) is 4.90 Å². The third kappa shape index (κ3) is 3.84. The molecule has 27 heavy (non-hydrogen) atoms. The molecule has 3 N–H and O–H groups in total. The predicted octanol–water partition coefficient (Wildman–Crippen LogP) is 2.02. The number of hydrogen-bond donors (Lipinski definition) is 2. The SMILES string of the molecule is NC(=O)C1C(NC(=O)[C@H]2CC(=O)N(C3CCCCC3)C2)SC2CCCCC21.